The summed E-state index contributed by atoms with van der Waals surface area (Å²) in [4.78, 5) is 2.10. The van der Waals surface area contributed by atoms with Crippen LogP contribution in [0.5, 0.6) is 0 Å². The molecule has 0 aromatic carbocycles. The zero-order valence-corrected chi connectivity index (χ0v) is 9.21. The van der Waals surface area contributed by atoms with Crippen molar-refractivity contribution in [3.8, 4) is 6.07 Å². The summed E-state index contributed by atoms with van der Waals surface area (Å²) < 4.78 is 5.42. The van der Waals surface area contributed by atoms with Crippen molar-refractivity contribution in [3.63, 3.8) is 0 Å². The predicted molar refractivity (Wildman–Crippen MR) is 54.9 cm³/mol. The van der Waals surface area contributed by atoms with E-state index < -0.39 is 5.54 Å². The highest BCUT2D eigenvalue weighted by molar-refractivity contribution is 5.13. The van der Waals surface area contributed by atoms with E-state index in [4.69, 9.17) is 10.00 Å². The fourth-order valence-electron chi connectivity index (χ4n) is 1.66. The van der Waals surface area contributed by atoms with Gasteiger partial charge in [0.2, 0.25) is 0 Å². The number of rotatable bonds is 4. The first-order chi connectivity index (χ1) is 6.60. The molecule has 1 rings (SSSR count). The van der Waals surface area contributed by atoms with Gasteiger partial charge >= 0.3 is 0 Å². The summed E-state index contributed by atoms with van der Waals surface area (Å²) in [5.74, 6) is 0. The Balaban J connectivity index is 2.43. The van der Waals surface area contributed by atoms with E-state index in [1.165, 1.54) is 0 Å². The van der Waals surface area contributed by atoms with Crippen molar-refractivity contribution in [2.75, 3.05) is 33.8 Å². The summed E-state index contributed by atoms with van der Waals surface area (Å²) in [5.41, 5.74) is -0.462. The van der Waals surface area contributed by atoms with Crippen LogP contribution >= 0.6 is 0 Å². The third-order valence-electron chi connectivity index (χ3n) is 2.76. The molecule has 0 saturated carbocycles. The van der Waals surface area contributed by atoms with Crippen LogP contribution in [0.15, 0.2) is 0 Å². The second kappa shape index (κ2) is 4.74. The van der Waals surface area contributed by atoms with Gasteiger partial charge in [0.15, 0.2) is 0 Å². The second-order valence-electron chi connectivity index (χ2n) is 4.08. The molecule has 2 unspecified atom stereocenters. The van der Waals surface area contributed by atoms with E-state index in [2.05, 4.69) is 16.3 Å². The Kier molecular flexibility index (Phi) is 3.87. The quantitative estimate of drug-likeness (QED) is 0.700. The molecule has 0 amide bonds. The van der Waals surface area contributed by atoms with Gasteiger partial charge in [-0.3, -0.25) is 5.32 Å². The van der Waals surface area contributed by atoms with Gasteiger partial charge in [0.05, 0.1) is 12.2 Å². The minimum absolute atomic E-state index is 0.00494. The maximum atomic E-state index is 9.15. The molecule has 0 radical (unpaired) electrons. The van der Waals surface area contributed by atoms with Gasteiger partial charge in [0.1, 0.15) is 5.54 Å². The average Bonchev–Trinajstić information content (AvgIpc) is 2.48. The number of nitrogens with one attached hydrogen (secondary N) is 1. The van der Waals surface area contributed by atoms with Gasteiger partial charge in [0.25, 0.3) is 0 Å². The summed E-state index contributed by atoms with van der Waals surface area (Å²) >= 11 is 0. The number of nitriles is 1. The van der Waals surface area contributed by atoms with Crippen LogP contribution in [0.1, 0.15) is 13.3 Å². The Bertz CT molecular complexity index is 224. The van der Waals surface area contributed by atoms with Gasteiger partial charge < -0.3 is 9.64 Å². The van der Waals surface area contributed by atoms with E-state index in [9.17, 15) is 0 Å². The van der Waals surface area contributed by atoms with Gasteiger partial charge in [-0.1, -0.05) is 0 Å². The van der Waals surface area contributed by atoms with E-state index in [-0.39, 0.29) is 6.10 Å². The van der Waals surface area contributed by atoms with Crippen LogP contribution in [-0.2, 0) is 4.74 Å². The lowest BCUT2D eigenvalue weighted by molar-refractivity contribution is 0.0983. The smallest absolute Gasteiger partial charge is 0.135 e. The van der Waals surface area contributed by atoms with Crippen molar-refractivity contribution in [1.82, 2.24) is 10.2 Å². The van der Waals surface area contributed by atoms with Crippen LogP contribution in [0.2, 0.25) is 0 Å². The molecular weight excluding hydrogens is 178 g/mol. The summed E-state index contributed by atoms with van der Waals surface area (Å²) in [6.45, 7) is 4.41. The van der Waals surface area contributed by atoms with Gasteiger partial charge in [-0.05, 0) is 21.0 Å². The number of ether oxygens (including phenoxy) is 1. The molecule has 0 bridgehead atoms. The Morgan fingerprint density at radius 3 is 2.79 bits per heavy atom. The minimum atomic E-state index is -0.462. The second-order valence-corrected chi connectivity index (χ2v) is 4.08. The van der Waals surface area contributed by atoms with Crippen LogP contribution in [-0.4, -0.2) is 50.3 Å². The molecule has 2 atom stereocenters. The van der Waals surface area contributed by atoms with E-state index in [0.717, 1.165) is 19.5 Å². The van der Waals surface area contributed by atoms with Crippen LogP contribution < -0.4 is 5.32 Å². The summed E-state index contributed by atoms with van der Waals surface area (Å²) in [6.07, 6.45) is 0.785. The Labute approximate surface area is 85.8 Å². The summed E-state index contributed by atoms with van der Waals surface area (Å²) in [7, 11) is 4.05. The average molecular weight is 197 g/mol. The molecule has 4 heteroatoms. The van der Waals surface area contributed by atoms with Crippen molar-refractivity contribution in [2.45, 2.75) is 25.0 Å². The van der Waals surface area contributed by atoms with Crippen molar-refractivity contribution in [1.29, 1.82) is 5.26 Å². The molecule has 4 nitrogen and oxygen atoms in total. The molecule has 1 N–H and O–H groups in total. The lowest BCUT2D eigenvalue weighted by atomic mass is 9.94. The van der Waals surface area contributed by atoms with E-state index in [1.54, 1.807) is 0 Å². The monoisotopic (exact) mass is 197 g/mol. The van der Waals surface area contributed by atoms with Crippen LogP contribution in [0, 0.1) is 11.3 Å². The molecule has 0 aliphatic carbocycles. The van der Waals surface area contributed by atoms with Crippen molar-refractivity contribution < 1.29 is 4.74 Å². The van der Waals surface area contributed by atoms with Gasteiger partial charge in [-0.15, -0.1) is 0 Å². The lowest BCUT2D eigenvalue weighted by Crippen LogP contribution is -2.51. The molecular formula is C10H19N3O. The van der Waals surface area contributed by atoms with Gasteiger partial charge in [-0.2, -0.15) is 5.26 Å². The van der Waals surface area contributed by atoms with Crippen molar-refractivity contribution in [2.24, 2.45) is 0 Å². The molecule has 1 aliphatic rings. The van der Waals surface area contributed by atoms with Gasteiger partial charge in [0, 0.05) is 26.1 Å². The first-order valence-electron chi connectivity index (χ1n) is 5.03. The number of likely N-dealkylation sites (N-methyl/N-ethyl adjacent to an activating group) is 1. The standard InChI is InChI=1S/C10H19N3O/c1-9-10(8-11,4-7-14-9)12-5-6-13(2)3/h9,12H,4-7H2,1-3H3. The highest BCUT2D eigenvalue weighted by Crippen LogP contribution is 2.24. The van der Waals surface area contributed by atoms with E-state index in [0.29, 0.717) is 6.61 Å². The van der Waals surface area contributed by atoms with Crippen molar-refractivity contribution >= 4 is 0 Å². The maximum Gasteiger partial charge on any atom is 0.135 e. The zero-order chi connectivity index (χ0) is 10.6. The number of nitrogens with zero attached hydrogens (tertiary/aromatic N) is 2. The number of hydrogen-bond donors (Lipinski definition) is 1. The first-order valence-corrected chi connectivity index (χ1v) is 5.03. The van der Waals surface area contributed by atoms with E-state index >= 15 is 0 Å². The Morgan fingerprint density at radius 1 is 1.64 bits per heavy atom. The molecule has 0 aromatic rings. The van der Waals surface area contributed by atoms with Crippen LogP contribution in [0.25, 0.3) is 0 Å². The summed E-state index contributed by atoms with van der Waals surface area (Å²) in [5, 5.41) is 12.4. The van der Waals surface area contributed by atoms with Gasteiger partial charge in [-0.25, -0.2) is 0 Å². The molecule has 14 heavy (non-hydrogen) atoms. The fourth-order valence-corrected chi connectivity index (χ4v) is 1.66. The SMILES string of the molecule is CC1OCCC1(C#N)NCCN(C)C. The fraction of sp³-hybridized carbons (Fsp3) is 0.900. The third-order valence-corrected chi connectivity index (χ3v) is 2.76. The van der Waals surface area contributed by atoms with Crippen LogP contribution in [0.3, 0.4) is 0 Å². The van der Waals surface area contributed by atoms with Crippen molar-refractivity contribution in [3.05, 3.63) is 0 Å². The Hall–Kier alpha value is -0.630. The van der Waals surface area contributed by atoms with E-state index in [1.807, 2.05) is 21.0 Å². The molecule has 0 spiro atoms. The number of hydrogen-bond acceptors (Lipinski definition) is 4. The maximum absolute atomic E-state index is 9.15. The van der Waals surface area contributed by atoms with Crippen LogP contribution in [0.4, 0.5) is 0 Å². The molecule has 1 fully saturated rings. The first kappa shape index (κ1) is 11.4. The topological polar surface area (TPSA) is 48.3 Å². The normalized spacial score (nSPS) is 32.1. The highest BCUT2D eigenvalue weighted by atomic mass is 16.5. The molecule has 1 aliphatic heterocycles. The third kappa shape index (κ3) is 2.44. The summed E-state index contributed by atoms with van der Waals surface area (Å²) in [6, 6.07) is 2.35. The predicted octanol–water partition coefficient (Wildman–Crippen LogP) is 0.209. The molecule has 1 heterocycles. The molecule has 80 valence electrons. The highest BCUT2D eigenvalue weighted by Gasteiger charge is 2.41. The molecule has 0 aromatic heterocycles. The zero-order valence-electron chi connectivity index (χ0n) is 9.21. The molecule has 1 saturated heterocycles. The lowest BCUT2D eigenvalue weighted by Gasteiger charge is -2.26. The Morgan fingerprint density at radius 2 is 2.36 bits per heavy atom. The largest absolute Gasteiger partial charge is 0.375 e. The minimum Gasteiger partial charge on any atom is -0.375 e.